The number of nitrogens with two attached hydrogens (primary N) is 1. The summed E-state index contributed by atoms with van der Waals surface area (Å²) < 4.78 is 8.64. The topological polar surface area (TPSA) is 53.1 Å². The van der Waals surface area contributed by atoms with Gasteiger partial charge in [0.2, 0.25) is 0 Å². The van der Waals surface area contributed by atoms with E-state index in [1.165, 1.54) is 0 Å². The van der Waals surface area contributed by atoms with Crippen LogP contribution in [0.15, 0.2) is 34.8 Å². The summed E-state index contributed by atoms with van der Waals surface area (Å²) in [5.41, 5.74) is 8.34. The Balaban J connectivity index is 1.95. The largest absolute Gasteiger partial charge is 0.492 e. The Bertz CT molecular complexity index is 554. The number of hydrogen-bond donors (Lipinski definition) is 1. The number of nitrogens with zero attached hydrogens (tertiary/aromatic N) is 2. The minimum Gasteiger partial charge on any atom is -0.492 e. The monoisotopic (exact) mass is 337 g/mol. The summed E-state index contributed by atoms with van der Waals surface area (Å²) in [5.74, 6) is 0.848. The third-order valence-corrected chi connectivity index (χ3v) is 4.08. The maximum Gasteiger partial charge on any atom is 0.119 e. The number of rotatable bonds is 6. The molecule has 0 aliphatic rings. The zero-order valence-corrected chi connectivity index (χ0v) is 13.4. The summed E-state index contributed by atoms with van der Waals surface area (Å²) in [6.45, 7) is 2.58. The molecule has 2 rings (SSSR count). The number of halogens is 1. The molecule has 1 heterocycles. The molecule has 1 aromatic carbocycles. The first-order valence-electron chi connectivity index (χ1n) is 6.75. The van der Waals surface area contributed by atoms with Gasteiger partial charge in [-0.25, -0.2) is 0 Å². The van der Waals surface area contributed by atoms with Crippen molar-refractivity contribution in [2.24, 2.45) is 12.8 Å². The number of ether oxygens (including phenoxy) is 1. The second-order valence-corrected chi connectivity index (χ2v) is 5.57. The molecule has 1 aromatic heterocycles. The van der Waals surface area contributed by atoms with Gasteiger partial charge < -0.3 is 10.5 Å². The van der Waals surface area contributed by atoms with E-state index in [1.54, 1.807) is 0 Å². The summed E-state index contributed by atoms with van der Waals surface area (Å²) in [7, 11) is 1.95. The van der Waals surface area contributed by atoms with Gasteiger partial charge in [0.1, 0.15) is 12.4 Å². The van der Waals surface area contributed by atoms with Crippen molar-refractivity contribution in [2.75, 3.05) is 6.61 Å². The fourth-order valence-corrected chi connectivity index (χ4v) is 2.85. The van der Waals surface area contributed by atoms with E-state index in [0.717, 1.165) is 34.5 Å². The number of aromatic nitrogens is 2. The van der Waals surface area contributed by atoms with Gasteiger partial charge in [-0.1, -0.05) is 25.1 Å². The van der Waals surface area contributed by atoms with E-state index in [9.17, 15) is 0 Å². The molecule has 0 amide bonds. The van der Waals surface area contributed by atoms with Gasteiger partial charge in [0.15, 0.2) is 0 Å². The van der Waals surface area contributed by atoms with Crippen LogP contribution < -0.4 is 10.5 Å². The summed E-state index contributed by atoms with van der Waals surface area (Å²) >= 11 is 3.61. The van der Waals surface area contributed by atoms with E-state index in [2.05, 4.69) is 28.0 Å². The molecule has 1 atom stereocenters. The Morgan fingerprint density at radius 1 is 1.35 bits per heavy atom. The highest BCUT2D eigenvalue weighted by molar-refractivity contribution is 9.10. The van der Waals surface area contributed by atoms with E-state index in [0.29, 0.717) is 6.61 Å². The molecule has 108 valence electrons. The van der Waals surface area contributed by atoms with Crippen molar-refractivity contribution in [1.29, 1.82) is 0 Å². The van der Waals surface area contributed by atoms with Gasteiger partial charge >= 0.3 is 0 Å². The van der Waals surface area contributed by atoms with Crippen LogP contribution in [0, 0.1) is 0 Å². The predicted octanol–water partition coefficient (Wildman–Crippen LogP) is 2.69. The highest BCUT2D eigenvalue weighted by Crippen LogP contribution is 2.22. The van der Waals surface area contributed by atoms with E-state index in [4.69, 9.17) is 10.5 Å². The quantitative estimate of drug-likeness (QED) is 0.881. The van der Waals surface area contributed by atoms with Gasteiger partial charge in [-0.15, -0.1) is 0 Å². The maximum absolute atomic E-state index is 6.16. The summed E-state index contributed by atoms with van der Waals surface area (Å²) in [4.78, 5) is 0. The molecule has 1 unspecified atom stereocenters. The van der Waals surface area contributed by atoms with Crippen molar-refractivity contribution in [3.05, 3.63) is 46.2 Å². The predicted molar refractivity (Wildman–Crippen MR) is 83.9 cm³/mol. The van der Waals surface area contributed by atoms with Crippen LogP contribution in [-0.2, 0) is 19.9 Å². The summed E-state index contributed by atoms with van der Waals surface area (Å²) in [6, 6.07) is 9.67. The molecule has 5 heteroatoms. The smallest absolute Gasteiger partial charge is 0.119 e. The molecule has 20 heavy (non-hydrogen) atoms. The Kier molecular flexibility index (Phi) is 5.20. The molecule has 0 aliphatic carbocycles. The molecular weight excluding hydrogens is 318 g/mol. The van der Waals surface area contributed by atoms with Crippen LogP contribution in [0.1, 0.15) is 18.3 Å². The van der Waals surface area contributed by atoms with Crippen LogP contribution in [0.5, 0.6) is 5.75 Å². The highest BCUT2D eigenvalue weighted by atomic mass is 79.9. The molecule has 0 fully saturated rings. The van der Waals surface area contributed by atoms with Crippen LogP contribution >= 0.6 is 15.9 Å². The Morgan fingerprint density at radius 3 is 2.65 bits per heavy atom. The SMILES string of the molecule is CCc1nn(C)c(CC(N)COc2ccccc2)c1Br. The third kappa shape index (κ3) is 3.61. The minimum atomic E-state index is -0.0633. The lowest BCUT2D eigenvalue weighted by molar-refractivity contribution is 0.286. The standard InChI is InChI=1S/C15H20BrN3O/c1-3-13-15(16)14(19(2)18-13)9-11(17)10-20-12-7-5-4-6-8-12/h4-8,11H,3,9-10,17H2,1-2H3. The van der Waals surface area contributed by atoms with Gasteiger partial charge in [-0.2, -0.15) is 5.10 Å². The normalized spacial score (nSPS) is 12.4. The number of para-hydroxylation sites is 1. The first-order valence-corrected chi connectivity index (χ1v) is 7.54. The maximum atomic E-state index is 6.16. The molecule has 0 aliphatic heterocycles. The molecular formula is C15H20BrN3O. The minimum absolute atomic E-state index is 0.0633. The zero-order chi connectivity index (χ0) is 14.5. The van der Waals surface area contributed by atoms with Crippen molar-refractivity contribution < 1.29 is 4.74 Å². The fraction of sp³-hybridized carbons (Fsp3) is 0.400. The summed E-state index contributed by atoms with van der Waals surface area (Å²) in [6.07, 6.45) is 1.64. The number of hydrogen-bond acceptors (Lipinski definition) is 3. The second kappa shape index (κ2) is 6.90. The van der Waals surface area contributed by atoms with Crippen molar-refractivity contribution in [3.8, 4) is 5.75 Å². The number of aryl methyl sites for hydroxylation is 2. The molecule has 2 aromatic rings. The Labute approximate surface area is 128 Å². The molecule has 0 saturated heterocycles. The van der Waals surface area contributed by atoms with Crippen LogP contribution in [-0.4, -0.2) is 22.4 Å². The zero-order valence-electron chi connectivity index (χ0n) is 11.8. The van der Waals surface area contributed by atoms with E-state index in [1.807, 2.05) is 42.1 Å². The van der Waals surface area contributed by atoms with Crippen molar-refractivity contribution in [1.82, 2.24) is 9.78 Å². The van der Waals surface area contributed by atoms with E-state index < -0.39 is 0 Å². The Hall–Kier alpha value is -1.33. The Morgan fingerprint density at radius 2 is 2.05 bits per heavy atom. The molecule has 0 spiro atoms. The third-order valence-electron chi connectivity index (χ3n) is 3.17. The van der Waals surface area contributed by atoms with Gasteiger partial charge in [0.05, 0.1) is 15.9 Å². The molecule has 0 bridgehead atoms. The first-order chi connectivity index (χ1) is 9.61. The van der Waals surface area contributed by atoms with Crippen LogP contribution in [0.25, 0.3) is 0 Å². The summed E-state index contributed by atoms with van der Waals surface area (Å²) in [5, 5.41) is 4.47. The molecule has 2 N–H and O–H groups in total. The number of benzene rings is 1. The molecule has 0 saturated carbocycles. The van der Waals surface area contributed by atoms with Crippen LogP contribution in [0.3, 0.4) is 0 Å². The lowest BCUT2D eigenvalue weighted by Crippen LogP contribution is -2.31. The average Bonchev–Trinajstić information content (AvgIpc) is 2.73. The van der Waals surface area contributed by atoms with E-state index in [-0.39, 0.29) is 6.04 Å². The highest BCUT2D eigenvalue weighted by Gasteiger charge is 2.15. The van der Waals surface area contributed by atoms with Gasteiger partial charge in [0.25, 0.3) is 0 Å². The second-order valence-electron chi connectivity index (χ2n) is 4.77. The lowest BCUT2D eigenvalue weighted by atomic mass is 10.1. The molecule has 0 radical (unpaired) electrons. The fourth-order valence-electron chi connectivity index (χ4n) is 2.07. The van der Waals surface area contributed by atoms with Crippen LogP contribution in [0.4, 0.5) is 0 Å². The van der Waals surface area contributed by atoms with Gasteiger partial charge in [-0.05, 0) is 34.5 Å². The first kappa shape index (κ1) is 15.1. The molecule has 4 nitrogen and oxygen atoms in total. The average molecular weight is 338 g/mol. The van der Waals surface area contributed by atoms with Crippen molar-refractivity contribution >= 4 is 15.9 Å². The van der Waals surface area contributed by atoms with Crippen molar-refractivity contribution in [3.63, 3.8) is 0 Å². The van der Waals surface area contributed by atoms with Gasteiger partial charge in [0, 0.05) is 19.5 Å². The van der Waals surface area contributed by atoms with E-state index >= 15 is 0 Å². The lowest BCUT2D eigenvalue weighted by Gasteiger charge is -2.13. The van der Waals surface area contributed by atoms with Crippen LogP contribution in [0.2, 0.25) is 0 Å². The van der Waals surface area contributed by atoms with Crippen molar-refractivity contribution in [2.45, 2.75) is 25.8 Å². The van der Waals surface area contributed by atoms with Gasteiger partial charge in [-0.3, -0.25) is 4.68 Å².